The van der Waals surface area contributed by atoms with Gasteiger partial charge in [-0.1, -0.05) is 6.07 Å². The van der Waals surface area contributed by atoms with E-state index in [0.717, 1.165) is 38.6 Å². The first-order valence-electron chi connectivity index (χ1n) is 7.48. The zero-order valence-corrected chi connectivity index (χ0v) is 12.7. The van der Waals surface area contributed by atoms with Crippen molar-refractivity contribution in [3.05, 3.63) is 29.3 Å². The van der Waals surface area contributed by atoms with Crippen LogP contribution in [0.4, 0.5) is 13.2 Å². The third-order valence-electron chi connectivity index (χ3n) is 4.64. The molecule has 126 valence electrons. The molecule has 0 radical (unpaired) electrons. The van der Waals surface area contributed by atoms with E-state index < -0.39 is 18.1 Å². The smallest absolute Gasteiger partial charge is 0.465 e. The van der Waals surface area contributed by atoms with Gasteiger partial charge in [0.25, 0.3) is 0 Å². The van der Waals surface area contributed by atoms with Crippen molar-refractivity contribution in [1.29, 1.82) is 0 Å². The molecule has 0 unspecified atom stereocenters. The maximum Gasteiger partial charge on any atom is 0.573 e. The van der Waals surface area contributed by atoms with Gasteiger partial charge in [-0.3, -0.25) is 0 Å². The second-order valence-corrected chi connectivity index (χ2v) is 6.45. The highest BCUT2D eigenvalue weighted by Crippen LogP contribution is 2.49. The van der Waals surface area contributed by atoms with Gasteiger partial charge in [0.15, 0.2) is 0 Å². The molecule has 1 saturated heterocycles. The van der Waals surface area contributed by atoms with E-state index in [1.807, 2.05) is 0 Å². The van der Waals surface area contributed by atoms with E-state index in [1.165, 1.54) is 12.1 Å². The van der Waals surface area contributed by atoms with Crippen LogP contribution in [0.25, 0.3) is 0 Å². The molecule has 0 amide bonds. The minimum Gasteiger partial charge on any atom is -0.465 e. The third kappa shape index (κ3) is 3.44. The number of hydrogen-bond acceptors (Lipinski definition) is 4. The maximum absolute atomic E-state index is 12.5. The number of alkyl halides is 3. The fourth-order valence-corrected chi connectivity index (χ4v) is 3.59. The number of esters is 1. The monoisotopic (exact) mass is 329 g/mol. The van der Waals surface area contributed by atoms with Crippen molar-refractivity contribution < 1.29 is 27.4 Å². The number of carbonyl (C=O) groups is 1. The lowest BCUT2D eigenvalue weighted by Gasteiger charge is -2.54. The fraction of sp³-hybridized carbons (Fsp3) is 0.562. The van der Waals surface area contributed by atoms with E-state index >= 15 is 0 Å². The molecule has 1 spiro atoms. The number of methoxy groups -OCH3 is 1. The van der Waals surface area contributed by atoms with Crippen LogP contribution in [-0.2, 0) is 11.2 Å². The molecular formula is C16H18F3NO3. The second-order valence-electron chi connectivity index (χ2n) is 6.45. The Hall–Kier alpha value is -1.76. The number of nitrogens with one attached hydrogen (secondary N) is 1. The molecule has 23 heavy (non-hydrogen) atoms. The summed E-state index contributed by atoms with van der Waals surface area (Å²) in [5.41, 5.74) is 0.938. The van der Waals surface area contributed by atoms with Crippen molar-refractivity contribution in [1.82, 2.24) is 5.32 Å². The molecule has 4 nitrogen and oxygen atoms in total. The topological polar surface area (TPSA) is 47.6 Å². The Kier molecular flexibility index (Phi) is 4.00. The molecule has 1 heterocycles. The normalized spacial score (nSPS) is 19.8. The van der Waals surface area contributed by atoms with Gasteiger partial charge in [-0.05, 0) is 48.3 Å². The van der Waals surface area contributed by atoms with Gasteiger partial charge in [-0.15, -0.1) is 13.2 Å². The summed E-state index contributed by atoms with van der Waals surface area (Å²) in [7, 11) is 1.12. The van der Waals surface area contributed by atoms with Crippen LogP contribution in [0.5, 0.6) is 5.75 Å². The lowest BCUT2D eigenvalue weighted by atomic mass is 9.57. The molecule has 1 saturated carbocycles. The van der Waals surface area contributed by atoms with Crippen molar-refractivity contribution >= 4 is 5.97 Å². The summed E-state index contributed by atoms with van der Waals surface area (Å²) < 4.78 is 46.1. The molecule has 1 aliphatic carbocycles. The molecule has 2 aliphatic rings. The van der Waals surface area contributed by atoms with Crippen LogP contribution in [0, 0.1) is 11.3 Å². The quantitative estimate of drug-likeness (QED) is 0.863. The van der Waals surface area contributed by atoms with Crippen LogP contribution in [-0.4, -0.2) is 32.5 Å². The van der Waals surface area contributed by atoms with Crippen molar-refractivity contribution in [3.63, 3.8) is 0 Å². The minimum absolute atomic E-state index is 0.221. The van der Waals surface area contributed by atoms with Gasteiger partial charge in [0.2, 0.25) is 0 Å². The summed E-state index contributed by atoms with van der Waals surface area (Å²) in [5, 5.41) is 3.25. The van der Waals surface area contributed by atoms with Crippen LogP contribution in [0.2, 0.25) is 0 Å². The summed E-state index contributed by atoms with van der Waals surface area (Å²) in [5.74, 6) is -0.875. The SMILES string of the molecule is COC(=O)c1ccc(CC2CC3(CNC3)C2)cc1OC(F)(F)F. The van der Waals surface area contributed by atoms with Gasteiger partial charge >= 0.3 is 12.3 Å². The van der Waals surface area contributed by atoms with Crippen molar-refractivity contribution in [3.8, 4) is 5.75 Å². The lowest BCUT2D eigenvalue weighted by Crippen LogP contribution is -2.60. The zero-order valence-electron chi connectivity index (χ0n) is 12.7. The molecule has 1 aliphatic heterocycles. The fourth-order valence-electron chi connectivity index (χ4n) is 3.59. The Morgan fingerprint density at radius 3 is 2.57 bits per heavy atom. The Bertz CT molecular complexity index is 603. The van der Waals surface area contributed by atoms with Crippen LogP contribution < -0.4 is 10.1 Å². The molecule has 1 aromatic rings. The highest BCUT2D eigenvalue weighted by atomic mass is 19.4. The van der Waals surface area contributed by atoms with Gasteiger partial charge in [-0.25, -0.2) is 4.79 Å². The molecule has 0 bridgehead atoms. The van der Waals surface area contributed by atoms with Crippen LogP contribution >= 0.6 is 0 Å². The van der Waals surface area contributed by atoms with Crippen molar-refractivity contribution in [2.24, 2.45) is 11.3 Å². The van der Waals surface area contributed by atoms with Gasteiger partial charge in [0, 0.05) is 13.1 Å². The molecule has 1 N–H and O–H groups in total. The van der Waals surface area contributed by atoms with E-state index in [-0.39, 0.29) is 5.56 Å². The zero-order chi connectivity index (χ0) is 16.7. The highest BCUT2D eigenvalue weighted by Gasteiger charge is 2.47. The Morgan fingerprint density at radius 2 is 2.04 bits per heavy atom. The lowest BCUT2D eigenvalue weighted by molar-refractivity contribution is -0.274. The Balaban J connectivity index is 1.73. The van der Waals surface area contributed by atoms with Crippen LogP contribution in [0.15, 0.2) is 18.2 Å². The molecular weight excluding hydrogens is 311 g/mol. The van der Waals surface area contributed by atoms with E-state index in [2.05, 4.69) is 14.8 Å². The minimum atomic E-state index is -4.85. The molecule has 0 atom stereocenters. The molecule has 1 aromatic carbocycles. The first-order chi connectivity index (χ1) is 10.8. The summed E-state index contributed by atoms with van der Waals surface area (Å²) in [4.78, 5) is 11.6. The predicted molar refractivity (Wildman–Crippen MR) is 76.2 cm³/mol. The summed E-state index contributed by atoms with van der Waals surface area (Å²) in [6.45, 7) is 2.07. The largest absolute Gasteiger partial charge is 0.573 e. The van der Waals surface area contributed by atoms with E-state index in [9.17, 15) is 18.0 Å². The van der Waals surface area contributed by atoms with Crippen LogP contribution in [0.3, 0.4) is 0 Å². The predicted octanol–water partition coefficient (Wildman–Crippen LogP) is 2.91. The van der Waals surface area contributed by atoms with Crippen molar-refractivity contribution in [2.45, 2.75) is 25.6 Å². The second kappa shape index (κ2) is 5.70. The van der Waals surface area contributed by atoms with E-state index in [1.54, 1.807) is 6.07 Å². The van der Waals surface area contributed by atoms with Gasteiger partial charge in [0.1, 0.15) is 11.3 Å². The number of ether oxygens (including phenoxy) is 2. The molecule has 3 rings (SSSR count). The highest BCUT2D eigenvalue weighted by molar-refractivity contribution is 5.92. The average molecular weight is 329 g/mol. The standard InChI is InChI=1S/C16H18F3NO3/c1-22-14(21)12-3-2-10(5-13(12)23-16(17,18)19)4-11-6-15(7-11)8-20-9-15/h2-3,5,11,20H,4,6-9H2,1H3. The summed E-state index contributed by atoms with van der Waals surface area (Å²) >= 11 is 0. The first kappa shape index (κ1) is 16.1. The molecule has 7 heteroatoms. The van der Waals surface area contributed by atoms with Gasteiger partial charge in [0.05, 0.1) is 7.11 Å². The van der Waals surface area contributed by atoms with E-state index in [4.69, 9.17) is 0 Å². The first-order valence-corrected chi connectivity index (χ1v) is 7.48. The van der Waals surface area contributed by atoms with Gasteiger partial charge < -0.3 is 14.8 Å². The summed E-state index contributed by atoms with van der Waals surface area (Å²) in [6.07, 6.45) is -1.97. The Morgan fingerprint density at radius 1 is 1.35 bits per heavy atom. The van der Waals surface area contributed by atoms with Gasteiger partial charge in [-0.2, -0.15) is 0 Å². The summed E-state index contributed by atoms with van der Waals surface area (Å²) in [6, 6.07) is 4.30. The van der Waals surface area contributed by atoms with Crippen molar-refractivity contribution in [2.75, 3.05) is 20.2 Å². The number of rotatable bonds is 4. The number of benzene rings is 1. The molecule has 0 aromatic heterocycles. The average Bonchev–Trinajstić information content (AvgIpc) is 2.38. The number of halogens is 3. The van der Waals surface area contributed by atoms with E-state index in [0.29, 0.717) is 17.8 Å². The molecule has 2 fully saturated rings. The number of hydrogen-bond donors (Lipinski definition) is 1. The van der Waals surface area contributed by atoms with Crippen LogP contribution in [0.1, 0.15) is 28.8 Å². The third-order valence-corrected chi connectivity index (χ3v) is 4.64. The number of carbonyl (C=O) groups excluding carboxylic acids is 1. The Labute approximate surface area is 132 Å². The maximum atomic E-state index is 12.5.